The molecule has 0 atom stereocenters. The molecule has 1 fully saturated rings. The first kappa shape index (κ1) is 20.3. The maximum Gasteiger partial charge on any atom is 0.417 e. The van der Waals surface area contributed by atoms with E-state index in [4.69, 9.17) is 0 Å². The zero-order valence-corrected chi connectivity index (χ0v) is 16.0. The molecule has 158 valence electrons. The van der Waals surface area contributed by atoms with Crippen molar-refractivity contribution in [3.63, 3.8) is 0 Å². The van der Waals surface area contributed by atoms with Crippen LogP contribution in [0.1, 0.15) is 17.7 Å². The lowest BCUT2D eigenvalue weighted by Gasteiger charge is -2.20. The Kier molecular flexibility index (Phi) is 5.44. The number of nitro benzene ring substituents is 1. The molecule has 0 bridgehead atoms. The quantitative estimate of drug-likeness (QED) is 0.515. The van der Waals surface area contributed by atoms with Crippen LogP contribution >= 0.6 is 0 Å². The number of hydrogen-bond acceptors (Lipinski definition) is 5. The number of aromatic nitrogens is 2. The molecule has 0 radical (unpaired) electrons. The van der Waals surface area contributed by atoms with E-state index in [1.54, 1.807) is 12.1 Å². The fourth-order valence-corrected chi connectivity index (χ4v) is 3.66. The van der Waals surface area contributed by atoms with Crippen LogP contribution < -0.4 is 5.32 Å². The molecule has 1 saturated heterocycles. The topological polar surface area (TPSA) is 75.7 Å². The van der Waals surface area contributed by atoms with E-state index in [-0.39, 0.29) is 5.69 Å². The first-order valence-electron chi connectivity index (χ1n) is 9.59. The van der Waals surface area contributed by atoms with Crippen molar-refractivity contribution in [2.24, 2.45) is 0 Å². The summed E-state index contributed by atoms with van der Waals surface area (Å²) in [5.74, 6) is 0. The van der Waals surface area contributed by atoms with Gasteiger partial charge in [-0.1, -0.05) is 0 Å². The Labute approximate surface area is 170 Å². The highest BCUT2D eigenvalue weighted by molar-refractivity contribution is 5.68. The number of nitrogens with zero attached hydrogens (tertiary/aromatic N) is 4. The van der Waals surface area contributed by atoms with Crippen LogP contribution in [-0.2, 0) is 12.7 Å². The summed E-state index contributed by atoms with van der Waals surface area (Å²) in [6.45, 7) is 3.72. The van der Waals surface area contributed by atoms with Gasteiger partial charge in [0.1, 0.15) is 5.65 Å². The summed E-state index contributed by atoms with van der Waals surface area (Å²) < 4.78 is 41.4. The molecular weight excluding hydrogens is 399 g/mol. The van der Waals surface area contributed by atoms with Gasteiger partial charge >= 0.3 is 6.18 Å². The minimum Gasteiger partial charge on any atom is -0.315 e. The summed E-state index contributed by atoms with van der Waals surface area (Å²) in [4.78, 5) is 17.2. The molecule has 0 aliphatic carbocycles. The van der Waals surface area contributed by atoms with E-state index in [0.29, 0.717) is 29.1 Å². The normalized spacial score (nSPS) is 16.0. The molecule has 1 aliphatic heterocycles. The Morgan fingerprint density at radius 2 is 1.87 bits per heavy atom. The van der Waals surface area contributed by atoms with Gasteiger partial charge in [0.05, 0.1) is 21.9 Å². The predicted molar refractivity (Wildman–Crippen MR) is 105 cm³/mol. The molecule has 1 aliphatic rings. The number of hydrogen-bond donors (Lipinski definition) is 1. The van der Waals surface area contributed by atoms with E-state index in [1.807, 2.05) is 0 Å². The Morgan fingerprint density at radius 3 is 2.57 bits per heavy atom. The van der Waals surface area contributed by atoms with Crippen LogP contribution in [0.25, 0.3) is 16.9 Å². The molecule has 30 heavy (non-hydrogen) atoms. The van der Waals surface area contributed by atoms with Crippen LogP contribution in [0.15, 0.2) is 42.6 Å². The molecule has 3 heterocycles. The van der Waals surface area contributed by atoms with Gasteiger partial charge in [0.2, 0.25) is 0 Å². The van der Waals surface area contributed by atoms with E-state index in [9.17, 15) is 23.3 Å². The van der Waals surface area contributed by atoms with E-state index in [0.717, 1.165) is 44.9 Å². The summed E-state index contributed by atoms with van der Waals surface area (Å²) in [6, 6.07) is 8.28. The van der Waals surface area contributed by atoms with Crippen LogP contribution in [0.2, 0.25) is 0 Å². The minimum atomic E-state index is -4.46. The molecule has 0 amide bonds. The fourth-order valence-electron chi connectivity index (χ4n) is 3.66. The second-order valence-electron chi connectivity index (χ2n) is 7.23. The second-order valence-corrected chi connectivity index (χ2v) is 7.23. The van der Waals surface area contributed by atoms with Gasteiger partial charge in [-0.25, -0.2) is 4.98 Å². The van der Waals surface area contributed by atoms with Crippen molar-refractivity contribution in [2.45, 2.75) is 19.1 Å². The number of nitro groups is 1. The van der Waals surface area contributed by atoms with Crippen LogP contribution in [0.4, 0.5) is 18.9 Å². The number of rotatable bonds is 4. The highest BCUT2D eigenvalue weighted by atomic mass is 19.4. The van der Waals surface area contributed by atoms with Gasteiger partial charge in [-0.2, -0.15) is 13.2 Å². The number of imidazole rings is 1. The maximum atomic E-state index is 13.3. The van der Waals surface area contributed by atoms with Crippen molar-refractivity contribution in [2.75, 3.05) is 26.2 Å². The molecule has 7 nitrogen and oxygen atoms in total. The van der Waals surface area contributed by atoms with E-state index >= 15 is 0 Å². The average Bonchev–Trinajstić information content (AvgIpc) is 2.87. The smallest absolute Gasteiger partial charge is 0.315 e. The van der Waals surface area contributed by atoms with E-state index in [2.05, 4.69) is 15.2 Å². The Bertz CT molecular complexity index is 1050. The summed E-state index contributed by atoms with van der Waals surface area (Å²) >= 11 is 0. The number of pyridine rings is 1. The highest BCUT2D eigenvalue weighted by Gasteiger charge is 2.31. The predicted octanol–water partition coefficient (Wildman–Crippen LogP) is 3.72. The van der Waals surface area contributed by atoms with Gasteiger partial charge < -0.3 is 9.72 Å². The highest BCUT2D eigenvalue weighted by Crippen LogP contribution is 2.32. The standard InChI is InChI=1S/C20H20F3N5O2/c21-20(22,23)15-4-7-18-25-19(14-2-5-16(6-3-14)28(29)30)17(27(18)12-15)13-26-10-1-8-24-9-11-26/h2-7,12,24H,1,8-11,13H2. The van der Waals surface area contributed by atoms with Gasteiger partial charge in [-0.05, 0) is 43.8 Å². The third kappa shape index (κ3) is 4.14. The Balaban J connectivity index is 1.82. The Hall–Kier alpha value is -2.98. The minimum absolute atomic E-state index is 0.0537. The number of nitrogens with one attached hydrogen (secondary N) is 1. The van der Waals surface area contributed by atoms with Crippen molar-refractivity contribution >= 4 is 11.3 Å². The first-order valence-corrected chi connectivity index (χ1v) is 9.59. The number of alkyl halides is 3. The number of benzene rings is 1. The van der Waals surface area contributed by atoms with Gasteiger partial charge in [0.15, 0.2) is 0 Å². The lowest BCUT2D eigenvalue weighted by Crippen LogP contribution is -2.28. The van der Waals surface area contributed by atoms with Gasteiger partial charge in [-0.3, -0.25) is 15.0 Å². The van der Waals surface area contributed by atoms with Crippen LogP contribution in [0, 0.1) is 10.1 Å². The average molecular weight is 419 g/mol. The van der Waals surface area contributed by atoms with Crippen LogP contribution in [-0.4, -0.2) is 45.4 Å². The van der Waals surface area contributed by atoms with Crippen molar-refractivity contribution in [1.82, 2.24) is 19.6 Å². The Morgan fingerprint density at radius 1 is 1.10 bits per heavy atom. The van der Waals surface area contributed by atoms with Gasteiger partial charge in [-0.15, -0.1) is 0 Å². The second kappa shape index (κ2) is 8.04. The molecule has 0 spiro atoms. The molecule has 2 aromatic heterocycles. The molecule has 1 aromatic carbocycles. The molecular formula is C20H20F3N5O2. The largest absolute Gasteiger partial charge is 0.417 e. The van der Waals surface area contributed by atoms with E-state index < -0.39 is 16.7 Å². The summed E-state index contributed by atoms with van der Waals surface area (Å²) in [6.07, 6.45) is -2.45. The van der Waals surface area contributed by atoms with E-state index in [1.165, 1.54) is 22.6 Å². The lowest BCUT2D eigenvalue weighted by molar-refractivity contribution is -0.384. The van der Waals surface area contributed by atoms with Gasteiger partial charge in [0, 0.05) is 43.5 Å². The molecule has 3 aromatic rings. The number of non-ortho nitro benzene ring substituents is 1. The summed E-state index contributed by atoms with van der Waals surface area (Å²) in [5, 5.41) is 14.3. The fraction of sp³-hybridized carbons (Fsp3) is 0.350. The summed E-state index contributed by atoms with van der Waals surface area (Å²) in [5.41, 5.74) is 1.39. The molecule has 1 N–H and O–H groups in total. The molecule has 10 heteroatoms. The number of halogens is 3. The number of fused-ring (bicyclic) bond motifs is 1. The zero-order valence-electron chi connectivity index (χ0n) is 16.0. The maximum absolute atomic E-state index is 13.3. The molecule has 4 rings (SSSR count). The third-order valence-corrected chi connectivity index (χ3v) is 5.20. The summed E-state index contributed by atoms with van der Waals surface area (Å²) in [7, 11) is 0. The van der Waals surface area contributed by atoms with Crippen LogP contribution in [0.3, 0.4) is 0 Å². The van der Waals surface area contributed by atoms with Crippen molar-refractivity contribution in [3.8, 4) is 11.3 Å². The van der Waals surface area contributed by atoms with Crippen molar-refractivity contribution in [1.29, 1.82) is 0 Å². The molecule has 0 saturated carbocycles. The third-order valence-electron chi connectivity index (χ3n) is 5.20. The zero-order chi connectivity index (χ0) is 21.3. The SMILES string of the molecule is O=[N+]([O-])c1ccc(-c2nc3ccc(C(F)(F)F)cn3c2CN2CCCNCC2)cc1. The van der Waals surface area contributed by atoms with Crippen molar-refractivity contribution < 1.29 is 18.1 Å². The lowest BCUT2D eigenvalue weighted by atomic mass is 10.1. The van der Waals surface area contributed by atoms with Crippen molar-refractivity contribution in [3.05, 3.63) is 64.0 Å². The van der Waals surface area contributed by atoms with Crippen LogP contribution in [0.5, 0.6) is 0 Å². The van der Waals surface area contributed by atoms with Gasteiger partial charge in [0.25, 0.3) is 5.69 Å². The monoisotopic (exact) mass is 419 g/mol. The molecule has 0 unspecified atom stereocenters. The first-order chi connectivity index (χ1) is 14.3.